The molecule has 0 spiro atoms. The van der Waals surface area contributed by atoms with Gasteiger partial charge in [0.25, 0.3) is 5.91 Å². The van der Waals surface area contributed by atoms with Crippen LogP contribution >= 0.6 is 0 Å². The first-order valence-electron chi connectivity index (χ1n) is 9.11. The van der Waals surface area contributed by atoms with Gasteiger partial charge >= 0.3 is 5.97 Å². The number of carbonyl (C=O) groups is 3. The number of likely N-dealkylation sites (tertiary alicyclic amines) is 1. The molecule has 9 nitrogen and oxygen atoms in total. The van der Waals surface area contributed by atoms with Gasteiger partial charge in [0.15, 0.2) is 18.1 Å². The van der Waals surface area contributed by atoms with Crippen molar-refractivity contribution < 1.29 is 33.3 Å². The number of amides is 2. The molecule has 0 bridgehead atoms. The highest BCUT2D eigenvalue weighted by Crippen LogP contribution is 2.35. The van der Waals surface area contributed by atoms with Crippen LogP contribution in [-0.4, -0.2) is 63.7 Å². The van der Waals surface area contributed by atoms with E-state index >= 15 is 0 Å². The summed E-state index contributed by atoms with van der Waals surface area (Å²) in [7, 11) is 4.51. The van der Waals surface area contributed by atoms with Gasteiger partial charge in [-0.05, 0) is 25.0 Å². The van der Waals surface area contributed by atoms with Crippen molar-refractivity contribution in [2.45, 2.75) is 12.8 Å². The van der Waals surface area contributed by atoms with Crippen molar-refractivity contribution in [3.05, 3.63) is 23.8 Å². The van der Waals surface area contributed by atoms with Gasteiger partial charge in [0.2, 0.25) is 5.91 Å². The Kier molecular flexibility index (Phi) is 7.88. The zero-order valence-corrected chi connectivity index (χ0v) is 16.8. The van der Waals surface area contributed by atoms with Crippen molar-refractivity contribution in [2.75, 3.05) is 41.0 Å². The van der Waals surface area contributed by atoms with Gasteiger partial charge in [-0.15, -0.1) is 0 Å². The average molecular weight is 406 g/mol. The lowest BCUT2D eigenvalue weighted by molar-refractivity contribution is -0.149. The van der Waals surface area contributed by atoms with Gasteiger partial charge in [-0.3, -0.25) is 9.59 Å². The number of carbonyl (C=O) groups excluding carboxylic acids is 3. The summed E-state index contributed by atoms with van der Waals surface area (Å²) in [5.41, 5.74) is 5.87. The van der Waals surface area contributed by atoms with Crippen LogP contribution in [0.15, 0.2) is 18.2 Å². The number of rotatable bonds is 8. The van der Waals surface area contributed by atoms with Crippen LogP contribution in [-0.2, 0) is 19.1 Å². The second-order valence-corrected chi connectivity index (χ2v) is 6.45. The van der Waals surface area contributed by atoms with E-state index < -0.39 is 5.97 Å². The highest BCUT2D eigenvalue weighted by atomic mass is 16.5. The molecule has 0 aromatic heterocycles. The fraction of sp³-hybridized carbons (Fsp3) is 0.450. The van der Waals surface area contributed by atoms with E-state index in [0.717, 1.165) is 0 Å². The highest BCUT2D eigenvalue weighted by molar-refractivity contribution is 5.90. The second-order valence-electron chi connectivity index (χ2n) is 6.45. The van der Waals surface area contributed by atoms with Gasteiger partial charge in [0.1, 0.15) is 5.75 Å². The summed E-state index contributed by atoms with van der Waals surface area (Å²) in [5, 5.41) is 0. The molecule has 0 radical (unpaired) electrons. The smallest absolute Gasteiger partial charge is 0.331 e. The standard InChI is InChI=1S/C20H26N2O7/c1-26-15-11-17(28-3)16(27-2)10-14(15)4-5-19(24)29-12-18(23)22-8-6-13(7-9-22)20(21)25/h4-5,10-11,13H,6-9,12H2,1-3H3,(H2,21,25)/b5-4+. The van der Waals surface area contributed by atoms with E-state index in [1.807, 2.05) is 0 Å². The van der Waals surface area contributed by atoms with Crippen molar-refractivity contribution >= 4 is 23.9 Å². The number of esters is 1. The maximum absolute atomic E-state index is 12.2. The van der Waals surface area contributed by atoms with Crippen LogP contribution in [0.1, 0.15) is 18.4 Å². The number of ether oxygens (including phenoxy) is 4. The molecule has 2 rings (SSSR count). The van der Waals surface area contributed by atoms with Crippen LogP contribution in [0.25, 0.3) is 6.08 Å². The van der Waals surface area contributed by atoms with Crippen LogP contribution < -0.4 is 19.9 Å². The fourth-order valence-electron chi connectivity index (χ4n) is 3.03. The Bertz CT molecular complexity index is 783. The van der Waals surface area contributed by atoms with E-state index in [0.29, 0.717) is 48.7 Å². The van der Waals surface area contributed by atoms with E-state index in [9.17, 15) is 14.4 Å². The number of piperidine rings is 1. The SMILES string of the molecule is COc1cc(OC)c(OC)cc1/C=C/C(=O)OCC(=O)N1CCC(C(N)=O)CC1. The molecule has 0 aliphatic carbocycles. The molecule has 1 fully saturated rings. The molecular formula is C20H26N2O7. The Hall–Kier alpha value is -3.23. The van der Waals surface area contributed by atoms with Crippen molar-refractivity contribution in [2.24, 2.45) is 11.7 Å². The van der Waals surface area contributed by atoms with Gasteiger partial charge in [-0.25, -0.2) is 4.79 Å². The van der Waals surface area contributed by atoms with Gasteiger partial charge in [0, 0.05) is 36.7 Å². The minimum absolute atomic E-state index is 0.207. The maximum atomic E-state index is 12.2. The number of methoxy groups -OCH3 is 3. The first-order chi connectivity index (χ1) is 13.9. The molecule has 0 atom stereocenters. The summed E-state index contributed by atoms with van der Waals surface area (Å²) in [6.45, 7) is 0.471. The molecule has 158 valence electrons. The maximum Gasteiger partial charge on any atom is 0.331 e. The average Bonchev–Trinajstić information content (AvgIpc) is 2.75. The predicted octanol–water partition coefficient (Wildman–Crippen LogP) is 0.993. The summed E-state index contributed by atoms with van der Waals surface area (Å²) >= 11 is 0. The summed E-state index contributed by atoms with van der Waals surface area (Å²) in [5.74, 6) is -0.0634. The first kappa shape index (κ1) is 22.1. The van der Waals surface area contributed by atoms with E-state index in [2.05, 4.69) is 0 Å². The molecule has 2 amide bonds. The van der Waals surface area contributed by atoms with E-state index in [1.54, 1.807) is 17.0 Å². The van der Waals surface area contributed by atoms with Crippen LogP contribution in [0.2, 0.25) is 0 Å². The lowest BCUT2D eigenvalue weighted by Crippen LogP contribution is -2.43. The molecule has 0 saturated carbocycles. The van der Waals surface area contributed by atoms with Gasteiger partial charge in [-0.2, -0.15) is 0 Å². The summed E-state index contributed by atoms with van der Waals surface area (Å²) < 4.78 is 20.8. The number of nitrogens with two attached hydrogens (primary N) is 1. The Labute approximate surface area is 169 Å². The van der Waals surface area contributed by atoms with Gasteiger partial charge in [-0.1, -0.05) is 0 Å². The Morgan fingerprint density at radius 2 is 1.62 bits per heavy atom. The number of benzene rings is 1. The van der Waals surface area contributed by atoms with Gasteiger partial charge < -0.3 is 29.6 Å². The van der Waals surface area contributed by atoms with Crippen molar-refractivity contribution in [1.29, 1.82) is 0 Å². The number of hydrogen-bond acceptors (Lipinski definition) is 7. The summed E-state index contributed by atoms with van der Waals surface area (Å²) in [4.78, 5) is 36.9. The van der Waals surface area contributed by atoms with E-state index in [1.165, 1.54) is 33.5 Å². The molecule has 1 aromatic carbocycles. The van der Waals surface area contributed by atoms with Gasteiger partial charge in [0.05, 0.1) is 21.3 Å². The minimum atomic E-state index is -0.665. The zero-order chi connectivity index (χ0) is 21.4. The molecule has 2 N–H and O–H groups in total. The van der Waals surface area contributed by atoms with E-state index in [-0.39, 0.29) is 24.3 Å². The molecular weight excluding hydrogens is 380 g/mol. The normalized spacial score (nSPS) is 14.5. The largest absolute Gasteiger partial charge is 0.496 e. The van der Waals surface area contributed by atoms with E-state index in [4.69, 9.17) is 24.7 Å². The molecule has 1 aliphatic rings. The van der Waals surface area contributed by atoms with Crippen LogP contribution in [0.5, 0.6) is 17.2 Å². The van der Waals surface area contributed by atoms with Crippen molar-refractivity contribution in [3.8, 4) is 17.2 Å². The zero-order valence-electron chi connectivity index (χ0n) is 16.8. The second kappa shape index (κ2) is 10.4. The number of nitrogens with zero attached hydrogens (tertiary/aromatic N) is 1. The van der Waals surface area contributed by atoms with Crippen molar-refractivity contribution in [1.82, 2.24) is 4.90 Å². The molecule has 1 heterocycles. The lowest BCUT2D eigenvalue weighted by atomic mass is 9.96. The van der Waals surface area contributed by atoms with Crippen LogP contribution in [0, 0.1) is 5.92 Å². The molecule has 1 aromatic rings. The first-order valence-corrected chi connectivity index (χ1v) is 9.11. The number of hydrogen-bond donors (Lipinski definition) is 1. The predicted molar refractivity (Wildman–Crippen MR) is 105 cm³/mol. The summed E-state index contributed by atoms with van der Waals surface area (Å²) in [6, 6.07) is 3.30. The third kappa shape index (κ3) is 5.87. The Morgan fingerprint density at radius 1 is 1.03 bits per heavy atom. The lowest BCUT2D eigenvalue weighted by Gasteiger charge is -2.30. The minimum Gasteiger partial charge on any atom is -0.496 e. The van der Waals surface area contributed by atoms with Crippen LogP contribution in [0.3, 0.4) is 0 Å². The van der Waals surface area contributed by atoms with Crippen LogP contribution in [0.4, 0.5) is 0 Å². The monoisotopic (exact) mass is 406 g/mol. The molecule has 9 heteroatoms. The molecule has 0 unspecified atom stereocenters. The quantitative estimate of drug-likeness (QED) is 0.505. The fourth-order valence-corrected chi connectivity index (χ4v) is 3.03. The van der Waals surface area contributed by atoms with Crippen molar-refractivity contribution in [3.63, 3.8) is 0 Å². The molecule has 29 heavy (non-hydrogen) atoms. The third-order valence-electron chi connectivity index (χ3n) is 4.72. The Balaban J connectivity index is 1.91. The third-order valence-corrected chi connectivity index (χ3v) is 4.72. The Morgan fingerprint density at radius 3 is 2.17 bits per heavy atom. The summed E-state index contributed by atoms with van der Waals surface area (Å²) in [6.07, 6.45) is 3.75. The highest BCUT2D eigenvalue weighted by Gasteiger charge is 2.26. The number of primary amides is 1. The topological polar surface area (TPSA) is 117 Å². The molecule has 1 aliphatic heterocycles. The molecule has 1 saturated heterocycles.